The lowest BCUT2D eigenvalue weighted by Crippen LogP contribution is -2.14. The summed E-state index contributed by atoms with van der Waals surface area (Å²) < 4.78 is 72.1. The van der Waals surface area contributed by atoms with Crippen molar-refractivity contribution in [2.75, 3.05) is 11.3 Å². The fourth-order valence-corrected chi connectivity index (χ4v) is 3.34. The lowest BCUT2D eigenvalue weighted by Gasteiger charge is -2.12. The first-order chi connectivity index (χ1) is 13.2. The van der Waals surface area contributed by atoms with Crippen molar-refractivity contribution in [3.05, 3.63) is 66.7 Å². The van der Waals surface area contributed by atoms with Gasteiger partial charge in [0.2, 0.25) is 0 Å². The molecule has 0 spiro atoms. The third-order valence-electron chi connectivity index (χ3n) is 3.63. The molecule has 0 unspecified atom stereocenters. The number of alkyl halides is 3. The van der Waals surface area contributed by atoms with Crippen LogP contribution in [0.1, 0.15) is 5.56 Å². The quantitative estimate of drug-likeness (QED) is 0.644. The van der Waals surface area contributed by atoms with E-state index in [4.69, 9.17) is 4.74 Å². The predicted octanol–water partition coefficient (Wildman–Crippen LogP) is 3.18. The van der Waals surface area contributed by atoms with E-state index >= 15 is 0 Å². The van der Waals surface area contributed by atoms with Gasteiger partial charge in [0.1, 0.15) is 25.0 Å². The predicted molar refractivity (Wildman–Crippen MR) is 94.2 cm³/mol. The van der Waals surface area contributed by atoms with Crippen molar-refractivity contribution >= 4 is 15.7 Å². The Hall–Kier alpha value is -3.08. The summed E-state index contributed by atoms with van der Waals surface area (Å²) in [5, 5.41) is 3.93. The maximum Gasteiger partial charge on any atom is 0.416 e. The number of hydrogen-bond donors (Lipinski definition) is 1. The zero-order valence-corrected chi connectivity index (χ0v) is 15.1. The van der Waals surface area contributed by atoms with Crippen LogP contribution in [0.5, 0.6) is 5.75 Å². The molecular formula is C17H15F3N4O3S. The molecule has 0 atom stereocenters. The Balaban J connectivity index is 1.66. The highest BCUT2D eigenvalue weighted by molar-refractivity contribution is 7.92. The molecule has 0 bridgehead atoms. The largest absolute Gasteiger partial charge is 0.492 e. The van der Waals surface area contributed by atoms with E-state index in [2.05, 4.69) is 14.8 Å². The highest BCUT2D eigenvalue weighted by Crippen LogP contribution is 2.30. The summed E-state index contributed by atoms with van der Waals surface area (Å²) in [4.78, 5) is 3.53. The van der Waals surface area contributed by atoms with Crippen LogP contribution < -0.4 is 9.46 Å². The fourth-order valence-electron chi connectivity index (χ4n) is 2.29. The number of benzene rings is 2. The van der Waals surface area contributed by atoms with E-state index in [9.17, 15) is 21.6 Å². The minimum atomic E-state index is -4.53. The smallest absolute Gasteiger partial charge is 0.416 e. The first kappa shape index (κ1) is 19.7. The molecule has 0 radical (unpaired) electrons. The Morgan fingerprint density at radius 2 is 1.86 bits per heavy atom. The summed E-state index contributed by atoms with van der Waals surface area (Å²) in [6.07, 6.45) is -1.59. The molecule has 0 aliphatic carbocycles. The van der Waals surface area contributed by atoms with Gasteiger partial charge in [-0.2, -0.15) is 18.3 Å². The molecule has 0 aliphatic rings. The Morgan fingerprint density at radius 3 is 2.50 bits per heavy atom. The van der Waals surface area contributed by atoms with Crippen molar-refractivity contribution in [2.24, 2.45) is 0 Å². The highest BCUT2D eigenvalue weighted by Gasteiger charge is 2.30. The van der Waals surface area contributed by atoms with E-state index in [1.165, 1.54) is 24.8 Å². The summed E-state index contributed by atoms with van der Waals surface area (Å²) in [7, 11) is -4.04. The van der Waals surface area contributed by atoms with Crippen molar-refractivity contribution in [3.8, 4) is 5.75 Å². The molecular weight excluding hydrogens is 397 g/mol. The average Bonchev–Trinajstić information content (AvgIpc) is 3.14. The van der Waals surface area contributed by atoms with Gasteiger partial charge in [-0.15, -0.1) is 0 Å². The van der Waals surface area contributed by atoms with Gasteiger partial charge in [-0.05, 0) is 36.4 Å². The van der Waals surface area contributed by atoms with Gasteiger partial charge in [0.15, 0.2) is 0 Å². The average molecular weight is 412 g/mol. The molecule has 0 fully saturated rings. The number of sulfonamides is 1. The van der Waals surface area contributed by atoms with Crippen LogP contribution in [0.15, 0.2) is 66.1 Å². The van der Waals surface area contributed by atoms with Gasteiger partial charge in [-0.25, -0.2) is 18.1 Å². The molecule has 11 heteroatoms. The Bertz CT molecular complexity index is 1020. The number of nitrogens with one attached hydrogen (secondary N) is 1. The van der Waals surface area contributed by atoms with Crippen LogP contribution in [-0.4, -0.2) is 29.8 Å². The van der Waals surface area contributed by atoms with Crippen LogP contribution >= 0.6 is 0 Å². The Kier molecular flexibility index (Phi) is 5.54. The summed E-state index contributed by atoms with van der Waals surface area (Å²) in [6, 6.07) is 9.48. The number of halogens is 3. The van der Waals surface area contributed by atoms with Gasteiger partial charge in [0.25, 0.3) is 10.0 Å². The first-order valence-electron chi connectivity index (χ1n) is 7.99. The van der Waals surface area contributed by atoms with E-state index in [1.54, 1.807) is 16.8 Å². The second kappa shape index (κ2) is 7.89. The zero-order chi connectivity index (χ0) is 20.2. The Labute approximate surface area is 158 Å². The van der Waals surface area contributed by atoms with Gasteiger partial charge in [0, 0.05) is 6.07 Å². The first-order valence-corrected chi connectivity index (χ1v) is 9.48. The summed E-state index contributed by atoms with van der Waals surface area (Å²) in [6.45, 7) is 0.750. The van der Waals surface area contributed by atoms with Crippen LogP contribution in [0, 0.1) is 0 Å². The topological polar surface area (TPSA) is 86.1 Å². The van der Waals surface area contributed by atoms with E-state index in [0.29, 0.717) is 18.9 Å². The number of nitrogens with zero attached hydrogens (tertiary/aromatic N) is 3. The number of ether oxygens (including phenoxy) is 1. The molecule has 7 nitrogen and oxygen atoms in total. The van der Waals surface area contributed by atoms with Gasteiger partial charge in [0.05, 0.1) is 22.7 Å². The highest BCUT2D eigenvalue weighted by atomic mass is 32.2. The molecule has 3 rings (SSSR count). The standard InChI is InChI=1S/C17H15F3N4O3S/c18-17(19,20)13-4-6-16(7-5-13)28(25,26)23-14-2-1-3-15(10-14)27-9-8-24-12-21-11-22-24/h1-7,10-12,23H,8-9H2. The van der Waals surface area contributed by atoms with Crippen LogP contribution in [-0.2, 0) is 22.7 Å². The van der Waals surface area contributed by atoms with Crippen LogP contribution in [0.3, 0.4) is 0 Å². The SMILES string of the molecule is O=S(=O)(Nc1cccc(OCCn2cncn2)c1)c1ccc(C(F)(F)F)cc1. The molecule has 0 aliphatic heterocycles. The third kappa shape index (κ3) is 5.00. The molecule has 0 saturated carbocycles. The fraction of sp³-hybridized carbons (Fsp3) is 0.176. The minimum Gasteiger partial charge on any atom is -0.492 e. The summed E-state index contributed by atoms with van der Waals surface area (Å²) in [5.74, 6) is 0.424. The number of anilines is 1. The second-order valence-electron chi connectivity index (χ2n) is 5.66. The lowest BCUT2D eigenvalue weighted by molar-refractivity contribution is -0.137. The van der Waals surface area contributed by atoms with Gasteiger partial charge in [-0.3, -0.25) is 4.72 Å². The van der Waals surface area contributed by atoms with Gasteiger partial charge in [-0.1, -0.05) is 6.07 Å². The van der Waals surface area contributed by atoms with Crippen LogP contribution in [0.4, 0.5) is 18.9 Å². The molecule has 1 aromatic heterocycles. The van der Waals surface area contributed by atoms with Gasteiger partial charge >= 0.3 is 6.18 Å². The monoisotopic (exact) mass is 412 g/mol. The summed E-state index contributed by atoms with van der Waals surface area (Å²) in [5.41, 5.74) is -0.701. The second-order valence-corrected chi connectivity index (χ2v) is 7.34. The van der Waals surface area contributed by atoms with Crippen molar-refractivity contribution in [3.63, 3.8) is 0 Å². The number of rotatable bonds is 7. The van der Waals surface area contributed by atoms with E-state index in [-0.39, 0.29) is 10.6 Å². The molecule has 0 amide bonds. The Morgan fingerprint density at radius 1 is 1.11 bits per heavy atom. The molecule has 2 aromatic carbocycles. The normalized spacial score (nSPS) is 12.0. The molecule has 0 saturated heterocycles. The van der Waals surface area contributed by atoms with Crippen molar-refractivity contribution < 1.29 is 26.3 Å². The maximum atomic E-state index is 12.6. The van der Waals surface area contributed by atoms with E-state index in [0.717, 1.165) is 24.3 Å². The third-order valence-corrected chi connectivity index (χ3v) is 5.03. The van der Waals surface area contributed by atoms with Gasteiger partial charge < -0.3 is 4.74 Å². The van der Waals surface area contributed by atoms with E-state index in [1.807, 2.05) is 0 Å². The van der Waals surface area contributed by atoms with Crippen LogP contribution in [0.2, 0.25) is 0 Å². The van der Waals surface area contributed by atoms with Crippen molar-refractivity contribution in [2.45, 2.75) is 17.6 Å². The maximum absolute atomic E-state index is 12.6. The molecule has 28 heavy (non-hydrogen) atoms. The van der Waals surface area contributed by atoms with Crippen molar-refractivity contribution in [1.29, 1.82) is 0 Å². The molecule has 1 N–H and O–H groups in total. The number of aromatic nitrogens is 3. The van der Waals surface area contributed by atoms with E-state index < -0.39 is 21.8 Å². The molecule has 148 valence electrons. The van der Waals surface area contributed by atoms with Crippen LogP contribution in [0.25, 0.3) is 0 Å². The molecule has 1 heterocycles. The summed E-state index contributed by atoms with van der Waals surface area (Å²) >= 11 is 0. The zero-order valence-electron chi connectivity index (χ0n) is 14.3. The van der Waals surface area contributed by atoms with Crippen molar-refractivity contribution in [1.82, 2.24) is 14.8 Å². The minimum absolute atomic E-state index is 0.221. The molecule has 3 aromatic rings. The lowest BCUT2D eigenvalue weighted by atomic mass is 10.2. The number of hydrogen-bond acceptors (Lipinski definition) is 5.